The Morgan fingerprint density at radius 3 is 2.62 bits per heavy atom. The lowest BCUT2D eigenvalue weighted by Gasteiger charge is -2.06. The van der Waals surface area contributed by atoms with Crippen molar-refractivity contribution >= 4 is 34.6 Å². The monoisotopic (exact) mass is 306 g/mol. The second-order valence-electron chi connectivity index (χ2n) is 4.16. The van der Waals surface area contributed by atoms with Gasteiger partial charge in [-0.05, 0) is 23.9 Å². The van der Waals surface area contributed by atoms with Gasteiger partial charge in [0.05, 0.1) is 10.6 Å². The zero-order chi connectivity index (χ0) is 15.6. The lowest BCUT2D eigenvalue weighted by molar-refractivity contribution is -0.385. The quantitative estimate of drug-likeness (QED) is 0.666. The molecule has 2 rings (SSSR count). The summed E-state index contributed by atoms with van der Waals surface area (Å²) in [5, 5.41) is 24.0. The van der Waals surface area contributed by atoms with Crippen LogP contribution in [0.25, 0.3) is 0 Å². The Bertz CT molecular complexity index is 738. The number of nitrogens with one attached hydrogen (secondary N) is 1. The van der Waals surface area contributed by atoms with Gasteiger partial charge >= 0.3 is 5.97 Å². The molecule has 1 heterocycles. The van der Waals surface area contributed by atoms with E-state index in [1.165, 1.54) is 24.3 Å². The fraction of sp³-hybridized carbons (Fsp3) is 0.0769. The number of carbonyl (C=O) groups excluding carboxylic acids is 1. The molecule has 0 radical (unpaired) electrons. The molecule has 21 heavy (non-hydrogen) atoms. The highest BCUT2D eigenvalue weighted by molar-refractivity contribution is 7.12. The fourth-order valence-electron chi connectivity index (χ4n) is 1.76. The predicted octanol–water partition coefficient (Wildman–Crippen LogP) is 2.92. The van der Waals surface area contributed by atoms with Crippen LogP contribution in [0.3, 0.4) is 0 Å². The molecule has 7 nitrogen and oxygen atoms in total. The molecule has 108 valence electrons. The third-order valence-corrected chi connectivity index (χ3v) is 3.84. The SMILES string of the molecule is Cc1csc(C(=O)O)c1NC(=O)c1ccccc1[N+](=O)[O-]. The molecular weight excluding hydrogens is 296 g/mol. The lowest BCUT2D eigenvalue weighted by atomic mass is 10.1. The minimum absolute atomic E-state index is 0.0144. The van der Waals surface area contributed by atoms with E-state index in [1.807, 2.05) is 0 Å². The highest BCUT2D eigenvalue weighted by Gasteiger charge is 2.22. The summed E-state index contributed by atoms with van der Waals surface area (Å²) in [7, 11) is 0. The number of nitro groups is 1. The third kappa shape index (κ3) is 2.90. The Labute approximate surface area is 123 Å². The number of benzene rings is 1. The summed E-state index contributed by atoms with van der Waals surface area (Å²) < 4.78 is 0. The van der Waals surface area contributed by atoms with Crippen LogP contribution in [-0.4, -0.2) is 21.9 Å². The number of nitro benzene ring substituents is 1. The van der Waals surface area contributed by atoms with Crippen LogP contribution in [0.15, 0.2) is 29.6 Å². The van der Waals surface area contributed by atoms with Crippen LogP contribution in [0.4, 0.5) is 11.4 Å². The maximum Gasteiger partial charge on any atom is 0.348 e. The van der Waals surface area contributed by atoms with E-state index in [1.54, 1.807) is 12.3 Å². The molecule has 0 fully saturated rings. The smallest absolute Gasteiger partial charge is 0.348 e. The van der Waals surface area contributed by atoms with Gasteiger partial charge in [0.25, 0.3) is 11.6 Å². The number of carbonyl (C=O) groups is 2. The number of para-hydroxylation sites is 1. The molecule has 0 unspecified atom stereocenters. The minimum atomic E-state index is -1.16. The summed E-state index contributed by atoms with van der Waals surface area (Å²) in [6.45, 7) is 1.65. The Morgan fingerprint density at radius 2 is 2.00 bits per heavy atom. The van der Waals surface area contributed by atoms with Gasteiger partial charge < -0.3 is 10.4 Å². The van der Waals surface area contributed by atoms with Crippen molar-refractivity contribution < 1.29 is 19.6 Å². The molecular formula is C13H10N2O5S. The van der Waals surface area contributed by atoms with Gasteiger partial charge in [-0.3, -0.25) is 14.9 Å². The van der Waals surface area contributed by atoms with Crippen LogP contribution >= 0.6 is 11.3 Å². The molecule has 0 bridgehead atoms. The molecule has 0 spiro atoms. The second kappa shape index (κ2) is 5.71. The van der Waals surface area contributed by atoms with Crippen molar-refractivity contribution in [3.05, 3.63) is 55.8 Å². The number of carboxylic acids is 1. The van der Waals surface area contributed by atoms with Crippen molar-refractivity contribution in [1.29, 1.82) is 0 Å². The lowest BCUT2D eigenvalue weighted by Crippen LogP contribution is -2.15. The number of rotatable bonds is 4. The van der Waals surface area contributed by atoms with Crippen molar-refractivity contribution in [3.8, 4) is 0 Å². The fourth-order valence-corrected chi connectivity index (χ4v) is 2.61. The second-order valence-corrected chi connectivity index (χ2v) is 5.04. The largest absolute Gasteiger partial charge is 0.477 e. The summed E-state index contributed by atoms with van der Waals surface area (Å²) in [5.41, 5.74) is 0.296. The van der Waals surface area contributed by atoms with Gasteiger partial charge in [0.15, 0.2) is 0 Å². The molecule has 2 N–H and O–H groups in total. The Balaban J connectivity index is 2.38. The summed E-state index contributed by atoms with van der Waals surface area (Å²) in [6, 6.07) is 5.48. The number of nitrogens with zero attached hydrogens (tertiary/aromatic N) is 1. The Kier molecular flexibility index (Phi) is 3.99. The van der Waals surface area contributed by atoms with Crippen LogP contribution in [-0.2, 0) is 0 Å². The molecule has 1 amide bonds. The average molecular weight is 306 g/mol. The summed E-state index contributed by atoms with van der Waals surface area (Å²) in [6.07, 6.45) is 0. The van der Waals surface area contributed by atoms with Gasteiger partial charge in [-0.1, -0.05) is 12.1 Å². The number of thiophene rings is 1. The summed E-state index contributed by atoms with van der Waals surface area (Å²) >= 11 is 0.984. The van der Waals surface area contributed by atoms with Crippen LogP contribution in [0.2, 0.25) is 0 Å². The molecule has 0 saturated carbocycles. The first kappa shape index (κ1) is 14.7. The van der Waals surface area contributed by atoms with Gasteiger partial charge in [-0.15, -0.1) is 11.3 Å². The van der Waals surface area contributed by atoms with E-state index in [0.717, 1.165) is 11.3 Å². The topological polar surface area (TPSA) is 110 Å². The van der Waals surface area contributed by atoms with Crippen molar-refractivity contribution in [2.45, 2.75) is 6.92 Å². The van der Waals surface area contributed by atoms with Crippen molar-refractivity contribution in [1.82, 2.24) is 0 Å². The predicted molar refractivity (Wildman–Crippen MR) is 77.1 cm³/mol. The van der Waals surface area contributed by atoms with Crippen LogP contribution in [0.1, 0.15) is 25.6 Å². The molecule has 0 aliphatic carbocycles. The van der Waals surface area contributed by atoms with Crippen LogP contribution < -0.4 is 5.32 Å². The normalized spacial score (nSPS) is 10.1. The summed E-state index contributed by atoms with van der Waals surface area (Å²) in [5.74, 6) is -1.88. The molecule has 0 aliphatic rings. The van der Waals surface area contributed by atoms with Gasteiger partial charge in [-0.2, -0.15) is 0 Å². The van der Waals surface area contributed by atoms with E-state index in [9.17, 15) is 19.7 Å². The van der Waals surface area contributed by atoms with E-state index >= 15 is 0 Å². The molecule has 1 aromatic heterocycles. The number of anilines is 1. The van der Waals surface area contributed by atoms with Gasteiger partial charge in [0.1, 0.15) is 10.4 Å². The minimum Gasteiger partial charge on any atom is -0.477 e. The molecule has 0 aliphatic heterocycles. The highest BCUT2D eigenvalue weighted by atomic mass is 32.1. The maximum atomic E-state index is 12.2. The first-order valence-electron chi connectivity index (χ1n) is 5.78. The first-order chi connectivity index (χ1) is 9.91. The molecule has 0 saturated heterocycles. The van der Waals surface area contributed by atoms with Crippen molar-refractivity contribution in [3.63, 3.8) is 0 Å². The zero-order valence-corrected chi connectivity index (χ0v) is 11.6. The summed E-state index contributed by atoms with van der Waals surface area (Å²) in [4.78, 5) is 33.5. The van der Waals surface area contributed by atoms with Crippen molar-refractivity contribution in [2.24, 2.45) is 0 Å². The Morgan fingerprint density at radius 1 is 1.33 bits per heavy atom. The third-order valence-electron chi connectivity index (χ3n) is 2.75. The molecule has 1 aromatic carbocycles. The average Bonchev–Trinajstić information content (AvgIpc) is 2.80. The van der Waals surface area contributed by atoms with E-state index in [-0.39, 0.29) is 21.8 Å². The standard InChI is InChI=1S/C13H10N2O5S/c1-7-6-21-11(13(17)18)10(7)14-12(16)8-4-2-3-5-9(8)15(19)20/h2-6H,1H3,(H,14,16)(H,17,18). The van der Waals surface area contributed by atoms with Crippen molar-refractivity contribution in [2.75, 3.05) is 5.32 Å². The van der Waals surface area contributed by atoms with Crippen LogP contribution in [0.5, 0.6) is 0 Å². The van der Waals surface area contributed by atoms with E-state index in [2.05, 4.69) is 5.32 Å². The first-order valence-corrected chi connectivity index (χ1v) is 6.66. The number of aryl methyl sites for hydroxylation is 1. The van der Waals surface area contributed by atoms with Gasteiger partial charge in [-0.25, -0.2) is 4.79 Å². The molecule has 8 heteroatoms. The number of amides is 1. The number of carboxylic acid groups (broad SMARTS) is 1. The van der Waals surface area contributed by atoms with E-state index in [4.69, 9.17) is 5.11 Å². The Hall–Kier alpha value is -2.74. The number of hydrogen-bond donors (Lipinski definition) is 2. The zero-order valence-electron chi connectivity index (χ0n) is 10.8. The van der Waals surface area contributed by atoms with Crippen LogP contribution in [0, 0.1) is 17.0 Å². The van der Waals surface area contributed by atoms with Gasteiger partial charge in [0, 0.05) is 6.07 Å². The highest BCUT2D eigenvalue weighted by Crippen LogP contribution is 2.29. The molecule has 0 atom stereocenters. The van der Waals surface area contributed by atoms with E-state index in [0.29, 0.717) is 5.56 Å². The van der Waals surface area contributed by atoms with E-state index < -0.39 is 16.8 Å². The maximum absolute atomic E-state index is 12.2. The molecule has 2 aromatic rings. The van der Waals surface area contributed by atoms with Gasteiger partial charge in [0.2, 0.25) is 0 Å². The number of aromatic carboxylic acids is 1. The number of hydrogen-bond acceptors (Lipinski definition) is 5.